The van der Waals surface area contributed by atoms with Gasteiger partial charge in [-0.15, -0.1) is 0 Å². The number of ether oxygens (including phenoxy) is 6. The lowest BCUT2D eigenvalue weighted by atomic mass is 9.96. The quantitative estimate of drug-likeness (QED) is 0.0200. The molecule has 3 heterocycles. The van der Waals surface area contributed by atoms with Gasteiger partial charge in [-0.3, -0.25) is 4.79 Å². The lowest BCUT2D eigenvalue weighted by Crippen LogP contribution is -2.66. The number of allylic oxidation sites excluding steroid dienone is 5. The molecule has 17 unspecified atom stereocenters. The molecule has 0 spiro atoms. The molecule has 0 aromatic heterocycles. The highest BCUT2D eigenvalue weighted by Gasteiger charge is 2.53. The van der Waals surface area contributed by atoms with E-state index in [0.29, 0.717) is 12.8 Å². The van der Waals surface area contributed by atoms with Crippen LogP contribution in [-0.2, 0) is 33.2 Å². The first-order chi connectivity index (χ1) is 42.3. The Hall–Kier alpha value is -1.99. The minimum absolute atomic E-state index is 0.225. The molecule has 17 atom stereocenters. The van der Waals surface area contributed by atoms with Crippen LogP contribution >= 0.6 is 0 Å². The summed E-state index contributed by atoms with van der Waals surface area (Å²) in [6.45, 7) is 1.69. The van der Waals surface area contributed by atoms with Gasteiger partial charge in [-0.05, 0) is 57.8 Å². The van der Waals surface area contributed by atoms with Gasteiger partial charge in [0.15, 0.2) is 18.9 Å². The average molecular weight is 1240 g/mol. The van der Waals surface area contributed by atoms with Gasteiger partial charge in [0.25, 0.3) is 0 Å². The van der Waals surface area contributed by atoms with E-state index in [-0.39, 0.29) is 18.9 Å². The first-order valence-corrected chi connectivity index (χ1v) is 34.7. The van der Waals surface area contributed by atoms with Gasteiger partial charge >= 0.3 is 0 Å². The predicted molar refractivity (Wildman–Crippen MR) is 337 cm³/mol. The van der Waals surface area contributed by atoms with E-state index in [1.54, 1.807) is 6.08 Å². The zero-order valence-corrected chi connectivity index (χ0v) is 53.8. The molecule has 3 fully saturated rings. The standard InChI is InChI=1S/C68H125NO18/c1-3-5-7-9-11-13-15-17-18-19-20-21-22-23-24-25-26-27-28-29-30-31-32-33-34-35-37-39-41-43-45-52(73)51(69-56(74)46-44-42-40-38-36-16-14-12-10-8-6-4-2)50-82-66-62(80)59(77)64(54(48-71)84-66)87-68-63(81)60(78)65(55(49-72)85-68)86-67-61(79)58(76)57(75)53(47-70)83-67/h12,14,35,37,43,45,51-55,57-68,70-73,75-81H,3-11,13,15-34,36,38-42,44,46-50H2,1-2H3,(H,69,74)/b14-12-,37-35+,45-43+. The second-order valence-corrected chi connectivity index (χ2v) is 25.0. The van der Waals surface area contributed by atoms with E-state index in [1.165, 1.54) is 167 Å². The van der Waals surface area contributed by atoms with Gasteiger partial charge in [0.05, 0.1) is 38.6 Å². The van der Waals surface area contributed by atoms with Crippen molar-refractivity contribution in [3.63, 3.8) is 0 Å². The molecule has 19 nitrogen and oxygen atoms in total. The van der Waals surface area contributed by atoms with Crippen molar-refractivity contribution in [2.45, 2.75) is 362 Å². The summed E-state index contributed by atoms with van der Waals surface area (Å²) < 4.78 is 34.3. The van der Waals surface area contributed by atoms with Crippen molar-refractivity contribution in [2.75, 3.05) is 26.4 Å². The molecule has 0 aliphatic carbocycles. The number of hydrogen-bond acceptors (Lipinski definition) is 18. The summed E-state index contributed by atoms with van der Waals surface area (Å²) in [5, 5.41) is 120. The molecule has 12 N–H and O–H groups in total. The van der Waals surface area contributed by atoms with Crippen LogP contribution in [-0.4, -0.2) is 193 Å². The first kappa shape index (κ1) is 79.2. The maximum atomic E-state index is 13.3. The van der Waals surface area contributed by atoms with Crippen molar-refractivity contribution in [3.8, 4) is 0 Å². The van der Waals surface area contributed by atoms with Gasteiger partial charge in [-0.25, -0.2) is 0 Å². The Kier molecular flexibility index (Phi) is 46.0. The smallest absolute Gasteiger partial charge is 0.220 e. The number of rotatable bonds is 53. The summed E-state index contributed by atoms with van der Waals surface area (Å²) in [6, 6.07) is -0.993. The first-order valence-electron chi connectivity index (χ1n) is 34.7. The van der Waals surface area contributed by atoms with E-state index >= 15 is 0 Å². The Bertz CT molecular complexity index is 1720. The third-order valence-corrected chi connectivity index (χ3v) is 17.4. The van der Waals surface area contributed by atoms with E-state index < -0.39 is 124 Å². The Labute approximate surface area is 523 Å². The van der Waals surface area contributed by atoms with Gasteiger partial charge in [0, 0.05) is 6.42 Å². The summed E-state index contributed by atoms with van der Waals surface area (Å²) in [6.07, 6.45) is 31.6. The molecule has 0 aromatic carbocycles. The fraction of sp³-hybridized carbons (Fsp3) is 0.897. The van der Waals surface area contributed by atoms with Crippen LogP contribution in [0.1, 0.15) is 258 Å². The number of carbonyl (C=O) groups excluding carboxylic acids is 1. The fourth-order valence-electron chi connectivity index (χ4n) is 11.7. The van der Waals surface area contributed by atoms with E-state index in [1.807, 2.05) is 6.08 Å². The second-order valence-electron chi connectivity index (χ2n) is 25.0. The normalized spacial score (nSPS) is 28.8. The van der Waals surface area contributed by atoms with Crippen LogP contribution in [0.25, 0.3) is 0 Å². The highest BCUT2D eigenvalue weighted by molar-refractivity contribution is 5.76. The second kappa shape index (κ2) is 50.6. The monoisotopic (exact) mass is 1240 g/mol. The maximum absolute atomic E-state index is 13.3. The summed E-state index contributed by atoms with van der Waals surface area (Å²) in [5.74, 6) is -0.295. The summed E-state index contributed by atoms with van der Waals surface area (Å²) in [7, 11) is 0. The van der Waals surface area contributed by atoms with Crippen molar-refractivity contribution in [1.82, 2.24) is 5.32 Å². The molecule has 19 heteroatoms. The highest BCUT2D eigenvalue weighted by atomic mass is 16.8. The molecule has 1 amide bonds. The Morgan fingerprint density at radius 1 is 0.402 bits per heavy atom. The van der Waals surface area contributed by atoms with Crippen molar-refractivity contribution in [3.05, 3.63) is 36.5 Å². The van der Waals surface area contributed by atoms with Crippen LogP contribution < -0.4 is 5.32 Å². The molecule has 0 saturated carbocycles. The number of aliphatic hydroxyl groups excluding tert-OH is 11. The van der Waals surface area contributed by atoms with Crippen LogP contribution in [0.3, 0.4) is 0 Å². The third-order valence-electron chi connectivity index (χ3n) is 17.4. The number of nitrogens with one attached hydrogen (secondary N) is 1. The SMILES string of the molecule is CCCCC/C=C\CCCCCCCC(=O)NC(COC1OC(CO)C(OC2OC(CO)C(OC3OC(CO)C(O)C(O)C3O)C(O)C2O)C(O)C1O)C(O)/C=C/CC/C=C/CCCCCCCCCCCCCCCCCCCCCCCCCC. The number of amides is 1. The highest BCUT2D eigenvalue weighted by Crippen LogP contribution is 2.33. The largest absolute Gasteiger partial charge is 0.394 e. The molecule has 3 rings (SSSR count). The summed E-state index contributed by atoms with van der Waals surface area (Å²) in [5.41, 5.74) is 0. The molecule has 3 saturated heterocycles. The predicted octanol–water partition coefficient (Wildman–Crippen LogP) is 8.83. The molecule has 0 bridgehead atoms. The zero-order valence-electron chi connectivity index (χ0n) is 53.8. The molecule has 510 valence electrons. The van der Waals surface area contributed by atoms with Crippen LogP contribution in [0.15, 0.2) is 36.5 Å². The van der Waals surface area contributed by atoms with E-state index in [2.05, 4.69) is 43.5 Å². The summed E-state index contributed by atoms with van der Waals surface area (Å²) in [4.78, 5) is 13.3. The van der Waals surface area contributed by atoms with Crippen molar-refractivity contribution in [2.24, 2.45) is 0 Å². The Morgan fingerprint density at radius 3 is 1.17 bits per heavy atom. The van der Waals surface area contributed by atoms with E-state index in [0.717, 1.165) is 57.8 Å². The van der Waals surface area contributed by atoms with Gasteiger partial charge in [-0.1, -0.05) is 230 Å². The number of hydrogen-bond donors (Lipinski definition) is 12. The average Bonchev–Trinajstić information content (AvgIpc) is 3.24. The number of aliphatic hydroxyl groups is 11. The van der Waals surface area contributed by atoms with Gasteiger partial charge in [0.2, 0.25) is 5.91 Å². The molecule has 3 aliphatic heterocycles. The van der Waals surface area contributed by atoms with Crippen LogP contribution in [0.4, 0.5) is 0 Å². The molecular weight excluding hydrogens is 1120 g/mol. The topological polar surface area (TPSA) is 307 Å². The van der Waals surface area contributed by atoms with Crippen molar-refractivity contribution < 1.29 is 89.4 Å². The van der Waals surface area contributed by atoms with E-state index in [9.17, 15) is 61.0 Å². The maximum Gasteiger partial charge on any atom is 0.220 e. The van der Waals surface area contributed by atoms with Crippen molar-refractivity contribution in [1.29, 1.82) is 0 Å². The Balaban J connectivity index is 1.40. The van der Waals surface area contributed by atoms with E-state index in [4.69, 9.17) is 28.4 Å². The van der Waals surface area contributed by atoms with Gasteiger partial charge in [0.1, 0.15) is 73.2 Å². The molecular formula is C68H125NO18. The van der Waals surface area contributed by atoms with Gasteiger partial charge in [-0.2, -0.15) is 0 Å². The molecule has 87 heavy (non-hydrogen) atoms. The van der Waals surface area contributed by atoms with Crippen LogP contribution in [0, 0.1) is 0 Å². The minimum Gasteiger partial charge on any atom is -0.394 e. The van der Waals surface area contributed by atoms with Gasteiger partial charge < -0.3 is 89.9 Å². The third kappa shape index (κ3) is 32.9. The van der Waals surface area contributed by atoms with Crippen LogP contribution in [0.2, 0.25) is 0 Å². The fourth-order valence-corrected chi connectivity index (χ4v) is 11.7. The molecule has 0 radical (unpaired) electrons. The summed E-state index contributed by atoms with van der Waals surface area (Å²) >= 11 is 0. The minimum atomic E-state index is -1.98. The number of unbranched alkanes of at least 4 members (excludes halogenated alkanes) is 33. The lowest BCUT2D eigenvalue weighted by molar-refractivity contribution is -0.379. The molecule has 0 aromatic rings. The zero-order chi connectivity index (χ0) is 63.3. The van der Waals surface area contributed by atoms with Crippen LogP contribution in [0.5, 0.6) is 0 Å². The lowest BCUT2D eigenvalue weighted by Gasteiger charge is -2.48. The van der Waals surface area contributed by atoms with Crippen molar-refractivity contribution >= 4 is 5.91 Å². The Morgan fingerprint density at radius 2 is 0.736 bits per heavy atom. The molecule has 3 aliphatic rings. The number of carbonyl (C=O) groups is 1.